The molecule has 5 heteroatoms. The zero-order valence-corrected chi connectivity index (χ0v) is 22.7. The Morgan fingerprint density at radius 3 is 2.17 bits per heavy atom. The van der Waals surface area contributed by atoms with E-state index in [9.17, 15) is 25.2 Å². The highest BCUT2D eigenvalue weighted by Gasteiger charge is 2.71. The van der Waals surface area contributed by atoms with Crippen molar-refractivity contribution in [2.45, 2.75) is 111 Å². The summed E-state index contributed by atoms with van der Waals surface area (Å²) < 4.78 is 0. The Morgan fingerprint density at radius 1 is 0.886 bits per heavy atom. The van der Waals surface area contributed by atoms with Gasteiger partial charge in [0, 0.05) is 0 Å². The predicted octanol–water partition coefficient (Wildman–Crippen LogP) is 4.26. The van der Waals surface area contributed by atoms with Gasteiger partial charge in [0.05, 0.1) is 35.7 Å². The molecule has 0 amide bonds. The third-order valence-corrected chi connectivity index (χ3v) is 13.1. The van der Waals surface area contributed by atoms with Crippen molar-refractivity contribution in [3.05, 3.63) is 11.6 Å². The first-order valence-electron chi connectivity index (χ1n) is 14.0. The third-order valence-electron chi connectivity index (χ3n) is 13.1. The van der Waals surface area contributed by atoms with E-state index in [-0.39, 0.29) is 40.1 Å². The van der Waals surface area contributed by atoms with Crippen molar-refractivity contribution in [3.63, 3.8) is 0 Å². The van der Waals surface area contributed by atoms with Crippen LogP contribution in [0.2, 0.25) is 0 Å². The third kappa shape index (κ3) is 2.99. The summed E-state index contributed by atoms with van der Waals surface area (Å²) in [6.07, 6.45) is 7.72. The molecule has 5 nitrogen and oxygen atoms in total. The molecule has 0 saturated heterocycles. The molecule has 5 rings (SSSR count). The molecule has 0 spiro atoms. The Bertz CT molecular complexity index is 928. The lowest BCUT2D eigenvalue weighted by atomic mass is 9.33. The van der Waals surface area contributed by atoms with Crippen molar-refractivity contribution in [2.24, 2.45) is 50.2 Å². The van der Waals surface area contributed by atoms with Crippen molar-refractivity contribution < 1.29 is 25.2 Å². The quantitative estimate of drug-likeness (QED) is 0.344. The van der Waals surface area contributed by atoms with E-state index in [4.69, 9.17) is 0 Å². The molecule has 4 fully saturated rings. The zero-order valence-electron chi connectivity index (χ0n) is 22.7. The highest BCUT2D eigenvalue weighted by molar-refractivity contribution is 5.61. The minimum Gasteiger partial charge on any atom is -0.396 e. The summed E-state index contributed by atoms with van der Waals surface area (Å²) in [5.41, 5.74) is -0.691. The van der Waals surface area contributed by atoms with Gasteiger partial charge in [-0.3, -0.25) is 0 Å². The van der Waals surface area contributed by atoms with Crippen LogP contribution in [-0.2, 0) is 4.79 Å². The van der Waals surface area contributed by atoms with Gasteiger partial charge in [0.25, 0.3) is 0 Å². The van der Waals surface area contributed by atoms with E-state index in [2.05, 4.69) is 40.7 Å². The van der Waals surface area contributed by atoms with Crippen molar-refractivity contribution in [2.75, 3.05) is 6.61 Å². The van der Waals surface area contributed by atoms with E-state index < -0.39 is 29.1 Å². The average molecular weight is 489 g/mol. The number of hydrogen-bond donors (Lipinski definition) is 4. The first-order chi connectivity index (χ1) is 16.2. The lowest BCUT2D eigenvalue weighted by molar-refractivity contribution is -0.233. The Labute approximate surface area is 211 Å². The normalized spacial score (nSPS) is 57.1. The second kappa shape index (κ2) is 7.65. The lowest BCUT2D eigenvalue weighted by Crippen LogP contribution is -2.69. The van der Waals surface area contributed by atoms with E-state index in [0.717, 1.165) is 38.4 Å². The predicted molar refractivity (Wildman–Crippen MR) is 135 cm³/mol. The van der Waals surface area contributed by atoms with Gasteiger partial charge in [-0.25, -0.2) is 0 Å². The van der Waals surface area contributed by atoms with Gasteiger partial charge in [-0.2, -0.15) is 0 Å². The number of aliphatic hydroxyl groups is 4. The molecule has 0 aromatic heterocycles. The number of aliphatic hydroxyl groups excluding tert-OH is 4. The van der Waals surface area contributed by atoms with Gasteiger partial charge < -0.3 is 25.2 Å². The maximum atomic E-state index is 12.3. The van der Waals surface area contributed by atoms with E-state index in [1.165, 1.54) is 5.57 Å². The van der Waals surface area contributed by atoms with Crippen LogP contribution in [0.5, 0.6) is 0 Å². The molecule has 35 heavy (non-hydrogen) atoms. The van der Waals surface area contributed by atoms with Crippen LogP contribution in [0.15, 0.2) is 11.6 Å². The van der Waals surface area contributed by atoms with E-state index in [1.54, 1.807) is 0 Å². The molecule has 11 atom stereocenters. The molecule has 0 heterocycles. The lowest BCUT2D eigenvalue weighted by Gasteiger charge is -2.72. The van der Waals surface area contributed by atoms with Crippen LogP contribution in [0.4, 0.5) is 0 Å². The molecule has 0 bridgehead atoms. The minimum atomic E-state index is -0.893. The van der Waals surface area contributed by atoms with Crippen molar-refractivity contribution in [3.8, 4) is 0 Å². The summed E-state index contributed by atoms with van der Waals surface area (Å²) in [5.74, 6) is 0.453. The van der Waals surface area contributed by atoms with Gasteiger partial charge in [0.2, 0.25) is 0 Å². The standard InChI is InChI=1S/C30H48O5/c1-25(2)13-19-18-7-8-21-26(3)11-10-22(33)27(4,16-31)20(26)9-12-28(21,5)29(18,6)15-24(35)30(19,17-32)23(34)14-25/h7,16,19-24,32-35H,8-15,17H2,1-6H3/t19-,20-,21+,22-,23-,24+,26-,27-,28+,29+,30+/m0/s1. The average Bonchev–Trinajstić information content (AvgIpc) is 2.76. The Balaban J connectivity index is 1.63. The number of rotatable bonds is 2. The molecule has 0 aromatic carbocycles. The molecular weight excluding hydrogens is 440 g/mol. The molecule has 4 N–H and O–H groups in total. The largest absolute Gasteiger partial charge is 0.396 e. The fourth-order valence-corrected chi connectivity index (χ4v) is 10.8. The number of carbonyl (C=O) groups is 1. The van der Waals surface area contributed by atoms with Gasteiger partial charge in [-0.05, 0) is 90.8 Å². The van der Waals surface area contributed by atoms with Crippen LogP contribution in [0.1, 0.15) is 92.9 Å². The summed E-state index contributed by atoms with van der Waals surface area (Å²) in [6.45, 7) is 13.3. The summed E-state index contributed by atoms with van der Waals surface area (Å²) >= 11 is 0. The van der Waals surface area contributed by atoms with E-state index >= 15 is 0 Å². The van der Waals surface area contributed by atoms with Crippen molar-refractivity contribution >= 4 is 6.29 Å². The molecule has 5 aliphatic carbocycles. The highest BCUT2D eigenvalue weighted by Crippen LogP contribution is 2.75. The molecule has 0 unspecified atom stereocenters. The van der Waals surface area contributed by atoms with Crippen LogP contribution in [0, 0.1) is 50.2 Å². The highest BCUT2D eigenvalue weighted by atomic mass is 16.3. The van der Waals surface area contributed by atoms with Crippen LogP contribution >= 0.6 is 0 Å². The number of allylic oxidation sites excluding steroid dienone is 2. The van der Waals surface area contributed by atoms with Crippen molar-refractivity contribution in [1.29, 1.82) is 0 Å². The van der Waals surface area contributed by atoms with E-state index in [0.29, 0.717) is 25.2 Å². The number of hydrogen-bond acceptors (Lipinski definition) is 5. The maximum absolute atomic E-state index is 12.3. The summed E-state index contributed by atoms with van der Waals surface area (Å²) in [6, 6.07) is 0. The van der Waals surface area contributed by atoms with E-state index in [1.807, 2.05) is 6.92 Å². The molecule has 198 valence electrons. The van der Waals surface area contributed by atoms with Gasteiger partial charge >= 0.3 is 0 Å². The molecule has 5 aliphatic rings. The molecule has 0 aliphatic heterocycles. The van der Waals surface area contributed by atoms with Gasteiger partial charge in [0.15, 0.2) is 0 Å². The van der Waals surface area contributed by atoms with Gasteiger partial charge in [0.1, 0.15) is 6.29 Å². The minimum absolute atomic E-state index is 0.0447. The Hall–Kier alpha value is -0.750. The number of aldehydes is 1. The summed E-state index contributed by atoms with van der Waals surface area (Å²) in [4.78, 5) is 12.3. The molecule has 4 saturated carbocycles. The Kier molecular flexibility index (Phi) is 5.65. The monoisotopic (exact) mass is 488 g/mol. The SMILES string of the molecule is CC1(C)C[C@H](O)[C@]2(CO)[C@H](O)C[C@]3(C)C(=CC[C@@H]4[C@@]5(C)CC[C@H](O)[C@@](C)(C=O)[C@H]5CC[C@]43C)[C@@H]2C1. The fraction of sp³-hybridized carbons (Fsp3) is 0.900. The van der Waals surface area contributed by atoms with Crippen LogP contribution < -0.4 is 0 Å². The molecule has 0 radical (unpaired) electrons. The van der Waals surface area contributed by atoms with Crippen LogP contribution in [0.3, 0.4) is 0 Å². The van der Waals surface area contributed by atoms with Crippen molar-refractivity contribution in [1.82, 2.24) is 0 Å². The Morgan fingerprint density at radius 2 is 1.54 bits per heavy atom. The maximum Gasteiger partial charge on any atom is 0.128 e. The zero-order chi connectivity index (χ0) is 25.8. The second-order valence-corrected chi connectivity index (χ2v) is 15.0. The topological polar surface area (TPSA) is 98.0 Å². The summed E-state index contributed by atoms with van der Waals surface area (Å²) in [7, 11) is 0. The van der Waals surface area contributed by atoms with Crippen LogP contribution in [0.25, 0.3) is 0 Å². The first kappa shape index (κ1) is 25.9. The number of carbonyl (C=O) groups excluding carboxylic acids is 1. The first-order valence-corrected chi connectivity index (χ1v) is 14.0. The summed E-state index contributed by atoms with van der Waals surface area (Å²) in [5, 5.41) is 44.6. The second-order valence-electron chi connectivity index (χ2n) is 15.0. The number of fused-ring (bicyclic) bond motifs is 7. The fourth-order valence-electron chi connectivity index (χ4n) is 10.8. The molecular formula is C30H48O5. The van der Waals surface area contributed by atoms with Crippen LogP contribution in [-0.4, -0.2) is 51.6 Å². The molecule has 0 aromatic rings. The van der Waals surface area contributed by atoms with Gasteiger partial charge in [-0.15, -0.1) is 0 Å². The van der Waals surface area contributed by atoms with Gasteiger partial charge in [-0.1, -0.05) is 53.2 Å². The smallest absolute Gasteiger partial charge is 0.128 e.